The molecule has 3 heteroatoms. The second-order valence-electron chi connectivity index (χ2n) is 4.12. The summed E-state index contributed by atoms with van der Waals surface area (Å²) in [6, 6.07) is 2.26. The highest BCUT2D eigenvalue weighted by Gasteiger charge is 2.19. The number of aryl methyl sites for hydroxylation is 1. The lowest BCUT2D eigenvalue weighted by Gasteiger charge is -2.18. The second-order valence-corrected chi connectivity index (χ2v) is 5.63. The van der Waals surface area contributed by atoms with E-state index in [1.165, 1.54) is 16.7 Å². The molecule has 0 N–H and O–H groups in total. The lowest BCUT2D eigenvalue weighted by Crippen LogP contribution is -2.18. The lowest BCUT2D eigenvalue weighted by molar-refractivity contribution is 0.595. The van der Waals surface area contributed by atoms with E-state index in [4.69, 9.17) is 0 Å². The Bertz CT molecular complexity index is 296. The predicted molar refractivity (Wildman–Crippen MR) is 66.6 cm³/mol. The van der Waals surface area contributed by atoms with Crippen molar-refractivity contribution in [2.24, 2.45) is 0 Å². The number of aromatic nitrogens is 1. The molecule has 0 saturated carbocycles. The van der Waals surface area contributed by atoms with Crippen molar-refractivity contribution >= 4 is 37.5 Å². The van der Waals surface area contributed by atoms with Gasteiger partial charge in [0.2, 0.25) is 0 Å². The highest BCUT2D eigenvalue weighted by atomic mass is 127. The minimum absolute atomic E-state index is 0.248. The van der Waals surface area contributed by atoms with Gasteiger partial charge in [-0.15, -0.1) is 0 Å². The van der Waals surface area contributed by atoms with Gasteiger partial charge in [-0.05, 0) is 24.0 Å². The molecule has 68 valence electrons. The van der Waals surface area contributed by atoms with Crippen LogP contribution in [0.1, 0.15) is 32.0 Å². The molecule has 1 aromatic rings. The molecule has 0 aliphatic carbocycles. The van der Waals surface area contributed by atoms with E-state index in [2.05, 4.69) is 68.6 Å². The Kier molecular flexibility index (Phi) is 2.89. The highest BCUT2D eigenvalue weighted by molar-refractivity contribution is 14.1. The maximum Gasteiger partial charge on any atom is 0.0643 e. The summed E-state index contributed by atoms with van der Waals surface area (Å²) in [7, 11) is 2.81. The Hall–Kier alpha value is 0.440. The smallest absolute Gasteiger partial charge is 0.0643 e. The minimum Gasteiger partial charge on any atom is -0.287 e. The van der Waals surface area contributed by atoms with E-state index in [0.717, 1.165) is 0 Å². The summed E-state index contributed by atoms with van der Waals surface area (Å²) in [5, 5.41) is 0. The number of nitrogens with zero attached hydrogens (tertiary/aromatic N) is 1. The number of hydrogen-bond acceptors (Lipinski definition) is 0. The Morgan fingerprint density at radius 1 is 1.42 bits per heavy atom. The molecule has 1 unspecified atom stereocenters. The van der Waals surface area contributed by atoms with Crippen LogP contribution in [0.25, 0.3) is 0 Å². The summed E-state index contributed by atoms with van der Waals surface area (Å²) < 4.78 is 2.18. The van der Waals surface area contributed by atoms with Crippen LogP contribution in [0, 0.1) is 6.92 Å². The molecule has 0 spiro atoms. The minimum atomic E-state index is 0.248. The first-order valence-corrected chi connectivity index (χ1v) is 5.52. The average Bonchev–Trinajstić information content (AvgIpc) is 2.15. The maximum atomic E-state index is 2.81. The van der Waals surface area contributed by atoms with E-state index >= 15 is 0 Å². The van der Waals surface area contributed by atoms with Crippen LogP contribution in [0.5, 0.6) is 0 Å². The van der Waals surface area contributed by atoms with Crippen LogP contribution in [0.3, 0.4) is 0 Å². The summed E-state index contributed by atoms with van der Waals surface area (Å²) in [5.74, 6) is 0. The van der Waals surface area contributed by atoms with Crippen molar-refractivity contribution in [2.75, 3.05) is 0 Å². The van der Waals surface area contributed by atoms with Crippen molar-refractivity contribution in [3.05, 3.63) is 17.3 Å². The molecule has 0 aromatic carbocycles. The Labute approximate surface area is 90.6 Å². The van der Waals surface area contributed by atoms with Crippen molar-refractivity contribution in [1.82, 2.24) is 2.78 Å². The normalized spacial score (nSPS) is 12.2. The quantitative estimate of drug-likeness (QED) is 0.512. The average molecular weight is 295 g/mol. The van der Waals surface area contributed by atoms with Crippen molar-refractivity contribution < 1.29 is 0 Å². The van der Waals surface area contributed by atoms with Gasteiger partial charge in [0.1, 0.15) is 0 Å². The fourth-order valence-corrected chi connectivity index (χ4v) is 2.36. The van der Waals surface area contributed by atoms with E-state index in [1.807, 2.05) is 0 Å². The molecule has 0 saturated heterocycles. The molecule has 12 heavy (non-hydrogen) atoms. The summed E-state index contributed by atoms with van der Waals surface area (Å²) >= 11 is 2.33. The molecule has 1 rings (SSSR count). The van der Waals surface area contributed by atoms with Crippen LogP contribution >= 0.6 is 32.1 Å². The SMILES string of the molecule is Cc1cc(C(C)(C)C)c(P)n1I. The standard InChI is InChI=1S/C9H15INP/c1-6-5-7(9(2,3)4)8(12)11(6)10/h5H,12H2,1-4H3. The van der Waals surface area contributed by atoms with Gasteiger partial charge < -0.3 is 0 Å². The van der Waals surface area contributed by atoms with Gasteiger partial charge in [0.25, 0.3) is 0 Å². The third-order valence-electron chi connectivity index (χ3n) is 1.96. The molecule has 0 bridgehead atoms. The molecule has 0 fully saturated rings. The summed E-state index contributed by atoms with van der Waals surface area (Å²) in [6.07, 6.45) is 0. The fraction of sp³-hybridized carbons (Fsp3) is 0.556. The van der Waals surface area contributed by atoms with Crippen molar-refractivity contribution in [3.63, 3.8) is 0 Å². The van der Waals surface area contributed by atoms with E-state index in [1.54, 1.807) is 0 Å². The third-order valence-corrected chi connectivity index (χ3v) is 4.33. The summed E-state index contributed by atoms with van der Waals surface area (Å²) in [6.45, 7) is 8.86. The van der Waals surface area contributed by atoms with E-state index in [0.29, 0.717) is 0 Å². The van der Waals surface area contributed by atoms with Crippen LogP contribution in [-0.2, 0) is 5.41 Å². The van der Waals surface area contributed by atoms with Crippen molar-refractivity contribution in [1.29, 1.82) is 0 Å². The molecule has 1 heterocycles. The Morgan fingerprint density at radius 2 is 1.92 bits per heavy atom. The van der Waals surface area contributed by atoms with Gasteiger partial charge >= 0.3 is 0 Å². The lowest BCUT2D eigenvalue weighted by atomic mass is 9.89. The number of rotatable bonds is 0. The van der Waals surface area contributed by atoms with Crippen LogP contribution in [0.2, 0.25) is 0 Å². The largest absolute Gasteiger partial charge is 0.287 e. The van der Waals surface area contributed by atoms with Crippen LogP contribution < -0.4 is 5.44 Å². The van der Waals surface area contributed by atoms with Gasteiger partial charge in [-0.1, -0.05) is 30.0 Å². The zero-order valence-corrected chi connectivity index (χ0v) is 11.3. The fourth-order valence-electron chi connectivity index (χ4n) is 1.24. The second kappa shape index (κ2) is 3.30. The molecule has 0 radical (unpaired) electrons. The highest BCUT2D eigenvalue weighted by Crippen LogP contribution is 2.25. The first kappa shape index (κ1) is 10.5. The van der Waals surface area contributed by atoms with Gasteiger partial charge in [0.05, 0.1) is 22.9 Å². The van der Waals surface area contributed by atoms with Gasteiger partial charge in [0.15, 0.2) is 0 Å². The molecule has 1 atom stereocenters. The predicted octanol–water partition coefficient (Wildman–Crippen LogP) is 2.79. The van der Waals surface area contributed by atoms with Gasteiger partial charge in [0, 0.05) is 11.1 Å². The molecule has 0 amide bonds. The van der Waals surface area contributed by atoms with Crippen LogP contribution in [-0.4, -0.2) is 2.78 Å². The summed E-state index contributed by atoms with van der Waals surface area (Å²) in [5.41, 5.74) is 4.27. The molecular formula is C9H15INP. The number of hydrogen-bond donors (Lipinski definition) is 0. The zero-order valence-electron chi connectivity index (χ0n) is 7.98. The Balaban J connectivity index is 3.28. The van der Waals surface area contributed by atoms with Gasteiger partial charge in [-0.3, -0.25) is 2.78 Å². The summed E-state index contributed by atoms with van der Waals surface area (Å²) in [4.78, 5) is 0. The number of halogens is 1. The van der Waals surface area contributed by atoms with E-state index < -0.39 is 0 Å². The molecule has 1 aromatic heterocycles. The van der Waals surface area contributed by atoms with Crippen LogP contribution in [0.4, 0.5) is 0 Å². The monoisotopic (exact) mass is 295 g/mol. The third kappa shape index (κ3) is 1.85. The van der Waals surface area contributed by atoms with Crippen molar-refractivity contribution in [3.8, 4) is 0 Å². The van der Waals surface area contributed by atoms with E-state index in [-0.39, 0.29) is 5.41 Å². The van der Waals surface area contributed by atoms with Gasteiger partial charge in [-0.2, -0.15) is 0 Å². The molecule has 0 aliphatic heterocycles. The molecule has 0 aliphatic rings. The topological polar surface area (TPSA) is 4.93 Å². The maximum absolute atomic E-state index is 2.81. The first-order chi connectivity index (χ1) is 5.34. The van der Waals surface area contributed by atoms with Crippen LogP contribution in [0.15, 0.2) is 6.07 Å². The molecular weight excluding hydrogens is 280 g/mol. The molecule has 1 nitrogen and oxygen atoms in total. The van der Waals surface area contributed by atoms with Gasteiger partial charge in [-0.25, -0.2) is 0 Å². The van der Waals surface area contributed by atoms with Crippen molar-refractivity contribution in [2.45, 2.75) is 33.1 Å². The van der Waals surface area contributed by atoms with E-state index in [9.17, 15) is 0 Å². The Morgan fingerprint density at radius 3 is 2.08 bits per heavy atom. The zero-order chi connectivity index (χ0) is 9.52. The first-order valence-electron chi connectivity index (χ1n) is 3.98.